The molecule has 1 aromatic rings. The van der Waals surface area contributed by atoms with Gasteiger partial charge in [-0.05, 0) is 31.2 Å². The Morgan fingerprint density at radius 1 is 0.909 bits per heavy atom. The summed E-state index contributed by atoms with van der Waals surface area (Å²) in [5.74, 6) is 0.00987. The number of aryl methyl sites for hydroxylation is 1. The number of nitrogens with one attached hydrogen (secondary N) is 1. The third kappa shape index (κ3) is 9.29. The molecule has 1 aromatic carbocycles. The van der Waals surface area contributed by atoms with E-state index in [1.165, 1.54) is 5.56 Å². The van der Waals surface area contributed by atoms with Crippen LogP contribution in [-0.2, 0) is 16.0 Å². The number of ketones is 1. The van der Waals surface area contributed by atoms with Crippen molar-refractivity contribution in [2.75, 3.05) is 13.2 Å². The summed E-state index contributed by atoms with van der Waals surface area (Å²) < 4.78 is 0. The van der Waals surface area contributed by atoms with Crippen LogP contribution in [-0.4, -0.2) is 29.9 Å². The molecule has 0 fully saturated rings. The van der Waals surface area contributed by atoms with Crippen molar-refractivity contribution in [1.29, 1.82) is 0 Å². The Labute approximate surface area is 132 Å². The largest absolute Gasteiger partial charge is 0.389 e. The van der Waals surface area contributed by atoms with Gasteiger partial charge in [-0.3, -0.25) is 9.59 Å². The van der Waals surface area contributed by atoms with Gasteiger partial charge in [-0.2, -0.15) is 0 Å². The van der Waals surface area contributed by atoms with E-state index in [1.54, 1.807) is 0 Å². The van der Waals surface area contributed by atoms with Crippen molar-refractivity contribution in [3.63, 3.8) is 0 Å². The molecule has 4 nitrogen and oxygen atoms in total. The molecule has 4 heteroatoms. The highest BCUT2D eigenvalue weighted by atomic mass is 16.3. The summed E-state index contributed by atoms with van der Waals surface area (Å²) in [6, 6.07) is 10.3. The number of amides is 1. The van der Waals surface area contributed by atoms with Crippen molar-refractivity contribution < 1.29 is 14.7 Å². The molecule has 0 radical (unpaired) electrons. The van der Waals surface area contributed by atoms with E-state index < -0.39 is 0 Å². The fraction of sp³-hybridized carbons (Fsp3) is 0.556. The Morgan fingerprint density at radius 3 is 2.27 bits per heavy atom. The van der Waals surface area contributed by atoms with Crippen LogP contribution in [0.4, 0.5) is 0 Å². The van der Waals surface area contributed by atoms with Crippen LogP contribution in [0.1, 0.15) is 50.5 Å². The first-order valence-electron chi connectivity index (χ1n) is 8.15. The Hall–Kier alpha value is -1.68. The number of aliphatic hydroxyl groups excluding tert-OH is 1. The molecule has 0 bridgehead atoms. The van der Waals surface area contributed by atoms with E-state index in [4.69, 9.17) is 5.11 Å². The first kappa shape index (κ1) is 18.4. The topological polar surface area (TPSA) is 66.4 Å². The molecule has 122 valence electrons. The molecule has 2 N–H and O–H groups in total. The van der Waals surface area contributed by atoms with Crippen molar-refractivity contribution in [3.8, 4) is 0 Å². The quantitative estimate of drug-likeness (QED) is 0.583. The van der Waals surface area contributed by atoms with Crippen LogP contribution in [0.2, 0.25) is 0 Å². The maximum absolute atomic E-state index is 11.6. The van der Waals surface area contributed by atoms with E-state index in [1.807, 2.05) is 18.2 Å². The molecule has 0 aliphatic carbocycles. The summed E-state index contributed by atoms with van der Waals surface area (Å²) in [4.78, 5) is 22.5. The average Bonchev–Trinajstić information content (AvgIpc) is 2.55. The van der Waals surface area contributed by atoms with Crippen LogP contribution >= 0.6 is 0 Å². The molecule has 0 spiro atoms. The van der Waals surface area contributed by atoms with Crippen LogP contribution in [0.25, 0.3) is 0 Å². The summed E-state index contributed by atoms with van der Waals surface area (Å²) in [5.41, 5.74) is 1.30. The van der Waals surface area contributed by atoms with Crippen molar-refractivity contribution in [3.05, 3.63) is 35.9 Å². The van der Waals surface area contributed by atoms with Gasteiger partial charge in [0.2, 0.25) is 5.91 Å². The number of aliphatic hydroxyl groups is 1. The zero-order valence-electron chi connectivity index (χ0n) is 13.2. The van der Waals surface area contributed by atoms with Crippen molar-refractivity contribution in [2.45, 2.75) is 51.4 Å². The lowest BCUT2D eigenvalue weighted by Gasteiger charge is -2.05. The number of hydrogen-bond donors (Lipinski definition) is 2. The smallest absolute Gasteiger partial charge is 0.219 e. The van der Waals surface area contributed by atoms with Crippen LogP contribution in [0.3, 0.4) is 0 Å². The van der Waals surface area contributed by atoms with Crippen molar-refractivity contribution in [2.24, 2.45) is 0 Å². The van der Waals surface area contributed by atoms with Crippen molar-refractivity contribution in [1.82, 2.24) is 5.32 Å². The number of benzene rings is 1. The molecule has 0 aliphatic heterocycles. The van der Waals surface area contributed by atoms with Gasteiger partial charge in [0.05, 0.1) is 0 Å². The standard InChI is InChI=1S/C18H27NO3/c20-15-17(21)12-6-1-2-7-13-18(22)19-14-8-11-16-9-4-3-5-10-16/h3-5,9-10,20H,1-2,6-8,11-15H2,(H,19,22). The maximum atomic E-state index is 11.6. The van der Waals surface area contributed by atoms with Gasteiger partial charge < -0.3 is 10.4 Å². The lowest BCUT2D eigenvalue weighted by Crippen LogP contribution is -2.24. The molecular formula is C18H27NO3. The third-order valence-electron chi connectivity index (χ3n) is 3.59. The first-order chi connectivity index (χ1) is 10.7. The molecule has 0 atom stereocenters. The van der Waals surface area contributed by atoms with Crippen LogP contribution in [0.15, 0.2) is 30.3 Å². The van der Waals surface area contributed by atoms with Crippen LogP contribution in [0, 0.1) is 0 Å². The lowest BCUT2D eigenvalue weighted by molar-refractivity contribution is -0.122. The summed E-state index contributed by atoms with van der Waals surface area (Å²) in [6.45, 7) is 0.365. The van der Waals surface area contributed by atoms with Gasteiger partial charge in [-0.1, -0.05) is 43.2 Å². The summed E-state index contributed by atoms with van der Waals surface area (Å²) >= 11 is 0. The van der Waals surface area contributed by atoms with Crippen molar-refractivity contribution >= 4 is 11.7 Å². The highest BCUT2D eigenvalue weighted by Gasteiger charge is 2.02. The fourth-order valence-electron chi connectivity index (χ4n) is 2.29. The molecule has 0 aliphatic rings. The summed E-state index contributed by atoms with van der Waals surface area (Å²) in [5, 5.41) is 11.5. The predicted molar refractivity (Wildman–Crippen MR) is 87.6 cm³/mol. The Bertz CT molecular complexity index is 431. The number of Topliss-reactive ketones (excluding diaryl/α,β-unsaturated/α-hetero) is 1. The van der Waals surface area contributed by atoms with E-state index in [9.17, 15) is 9.59 Å². The molecule has 1 rings (SSSR count). The Morgan fingerprint density at radius 2 is 1.59 bits per heavy atom. The second kappa shape index (κ2) is 11.9. The Kier molecular flexibility index (Phi) is 9.96. The minimum atomic E-state index is -0.356. The van der Waals surface area contributed by atoms with E-state index >= 15 is 0 Å². The predicted octanol–water partition coefficient (Wildman–Crippen LogP) is 2.64. The van der Waals surface area contributed by atoms with Crippen LogP contribution < -0.4 is 5.32 Å². The van der Waals surface area contributed by atoms with Gasteiger partial charge >= 0.3 is 0 Å². The van der Waals surface area contributed by atoms with Gasteiger partial charge in [0.15, 0.2) is 5.78 Å². The first-order valence-corrected chi connectivity index (χ1v) is 8.15. The van der Waals surface area contributed by atoms with Gasteiger partial charge in [0.25, 0.3) is 0 Å². The van der Waals surface area contributed by atoms with Gasteiger partial charge in [0, 0.05) is 19.4 Å². The third-order valence-corrected chi connectivity index (χ3v) is 3.59. The van der Waals surface area contributed by atoms with Gasteiger partial charge in [0.1, 0.15) is 6.61 Å². The normalized spacial score (nSPS) is 10.4. The minimum absolute atomic E-state index is 0.101. The molecule has 1 amide bonds. The van der Waals surface area contributed by atoms with Crippen LogP contribution in [0.5, 0.6) is 0 Å². The monoisotopic (exact) mass is 305 g/mol. The number of rotatable bonds is 12. The maximum Gasteiger partial charge on any atom is 0.219 e. The SMILES string of the molecule is O=C(CO)CCCCCCC(=O)NCCCc1ccccc1. The molecular weight excluding hydrogens is 278 g/mol. The Balaban J connectivity index is 1.92. The molecule has 22 heavy (non-hydrogen) atoms. The van der Waals surface area contributed by atoms with E-state index in [-0.39, 0.29) is 18.3 Å². The molecule has 0 heterocycles. The second-order valence-corrected chi connectivity index (χ2v) is 5.55. The number of unbranched alkanes of at least 4 members (excludes halogenated alkanes) is 3. The second-order valence-electron chi connectivity index (χ2n) is 5.55. The van der Waals surface area contributed by atoms with E-state index in [0.29, 0.717) is 12.8 Å². The number of carbonyl (C=O) groups is 2. The molecule has 0 unspecified atom stereocenters. The summed E-state index contributed by atoms with van der Waals surface area (Å²) in [7, 11) is 0. The molecule has 0 saturated carbocycles. The highest BCUT2D eigenvalue weighted by molar-refractivity contribution is 5.79. The minimum Gasteiger partial charge on any atom is -0.389 e. The van der Waals surface area contributed by atoms with Gasteiger partial charge in [-0.15, -0.1) is 0 Å². The zero-order chi connectivity index (χ0) is 16.0. The van der Waals surface area contributed by atoms with E-state index in [2.05, 4.69) is 17.4 Å². The average molecular weight is 305 g/mol. The highest BCUT2D eigenvalue weighted by Crippen LogP contribution is 2.06. The van der Waals surface area contributed by atoms with E-state index in [0.717, 1.165) is 45.1 Å². The fourth-order valence-corrected chi connectivity index (χ4v) is 2.29. The van der Waals surface area contributed by atoms with Gasteiger partial charge in [-0.25, -0.2) is 0 Å². The molecule has 0 saturated heterocycles. The molecule has 0 aromatic heterocycles. The number of carbonyl (C=O) groups excluding carboxylic acids is 2. The lowest BCUT2D eigenvalue weighted by atomic mass is 10.1. The summed E-state index contributed by atoms with van der Waals surface area (Å²) in [6.07, 6.45) is 6.50. The zero-order valence-corrected chi connectivity index (χ0v) is 13.2. The number of hydrogen-bond acceptors (Lipinski definition) is 3.